The fraction of sp³-hybridized carbons (Fsp3) is 0.969. The molecule has 0 amide bonds. The van der Waals surface area contributed by atoms with Gasteiger partial charge in [-0.2, -0.15) is 0 Å². The van der Waals surface area contributed by atoms with Crippen molar-refractivity contribution < 1.29 is 0 Å². The van der Waals surface area contributed by atoms with Gasteiger partial charge in [0.15, 0.2) is 0 Å². The van der Waals surface area contributed by atoms with Crippen molar-refractivity contribution >= 4 is 0 Å². The summed E-state index contributed by atoms with van der Waals surface area (Å²) in [6.07, 6.45) is 44.9. The SMILES string of the molecule is CCCCCCCCCCCCCC[CH]CCCCCCCCCCCCCCCCC. The van der Waals surface area contributed by atoms with Crippen LogP contribution >= 0.6 is 0 Å². The Balaban J connectivity index is 2.98. The Kier molecular flexibility index (Phi) is 31.0. The molecule has 0 bridgehead atoms. The Labute approximate surface area is 206 Å². The van der Waals surface area contributed by atoms with Gasteiger partial charge in [0, 0.05) is 0 Å². The van der Waals surface area contributed by atoms with Crippen molar-refractivity contribution in [2.75, 3.05) is 0 Å². The molecule has 0 nitrogen and oxygen atoms in total. The molecule has 32 heavy (non-hydrogen) atoms. The third kappa shape index (κ3) is 30.0. The molecule has 0 aliphatic heterocycles. The van der Waals surface area contributed by atoms with Crippen LogP contribution in [0.3, 0.4) is 0 Å². The third-order valence-electron chi connectivity index (χ3n) is 7.27. The molecule has 0 atom stereocenters. The zero-order valence-corrected chi connectivity index (χ0v) is 23.1. The predicted molar refractivity (Wildman–Crippen MR) is 150 cm³/mol. The van der Waals surface area contributed by atoms with Gasteiger partial charge >= 0.3 is 0 Å². The maximum atomic E-state index is 2.58. The Morgan fingerprint density at radius 3 is 0.656 bits per heavy atom. The third-order valence-corrected chi connectivity index (χ3v) is 7.27. The van der Waals surface area contributed by atoms with E-state index >= 15 is 0 Å². The van der Waals surface area contributed by atoms with E-state index in [-0.39, 0.29) is 0 Å². The Bertz CT molecular complexity index is 264. The standard InChI is InChI=1S/C32H65/c1-3-5-7-9-11-13-15-17-19-21-23-25-27-29-31-32-30-28-26-24-22-20-18-16-14-12-10-8-6-4-2/h29H,3-28,30-32H2,1-2H3. The smallest absolute Gasteiger partial charge is 0.0386 e. The molecule has 0 spiro atoms. The van der Waals surface area contributed by atoms with Crippen LogP contribution in [0, 0.1) is 6.42 Å². The average Bonchev–Trinajstić information content (AvgIpc) is 2.81. The highest BCUT2D eigenvalue weighted by Gasteiger charge is 1.96. The quantitative estimate of drug-likeness (QED) is 0.0995. The van der Waals surface area contributed by atoms with Crippen LogP contribution in [0.25, 0.3) is 0 Å². The fourth-order valence-electron chi connectivity index (χ4n) is 4.93. The van der Waals surface area contributed by atoms with Gasteiger partial charge in [-0.25, -0.2) is 0 Å². The van der Waals surface area contributed by atoms with Crippen LogP contribution in [0.15, 0.2) is 0 Å². The van der Waals surface area contributed by atoms with Crippen molar-refractivity contribution in [3.63, 3.8) is 0 Å². The van der Waals surface area contributed by atoms with Crippen LogP contribution in [-0.4, -0.2) is 0 Å². The van der Waals surface area contributed by atoms with Crippen molar-refractivity contribution in [3.8, 4) is 0 Å². The second kappa shape index (κ2) is 31.0. The Morgan fingerprint density at radius 1 is 0.250 bits per heavy atom. The Morgan fingerprint density at radius 2 is 0.438 bits per heavy atom. The lowest BCUT2D eigenvalue weighted by atomic mass is 10.0. The van der Waals surface area contributed by atoms with E-state index < -0.39 is 0 Å². The summed E-state index contributed by atoms with van der Waals surface area (Å²) in [5.74, 6) is 0. The van der Waals surface area contributed by atoms with E-state index in [9.17, 15) is 0 Å². The molecular weight excluding hydrogens is 384 g/mol. The molecule has 0 heteroatoms. The first-order valence-electron chi connectivity index (χ1n) is 15.7. The molecule has 0 aliphatic carbocycles. The van der Waals surface area contributed by atoms with Crippen LogP contribution in [-0.2, 0) is 0 Å². The molecular formula is C32H65. The molecule has 0 unspecified atom stereocenters. The largest absolute Gasteiger partial charge is 0.0654 e. The van der Waals surface area contributed by atoms with E-state index in [0.717, 1.165) is 0 Å². The first-order valence-corrected chi connectivity index (χ1v) is 15.7. The van der Waals surface area contributed by atoms with Gasteiger partial charge < -0.3 is 0 Å². The van der Waals surface area contributed by atoms with Crippen molar-refractivity contribution in [1.29, 1.82) is 0 Å². The summed E-state index contributed by atoms with van der Waals surface area (Å²) in [4.78, 5) is 0. The first-order chi connectivity index (χ1) is 15.9. The summed E-state index contributed by atoms with van der Waals surface area (Å²) < 4.78 is 0. The summed E-state index contributed by atoms with van der Waals surface area (Å²) in [6.45, 7) is 4.61. The van der Waals surface area contributed by atoms with Crippen molar-refractivity contribution in [2.24, 2.45) is 0 Å². The second-order valence-electron chi connectivity index (χ2n) is 10.7. The highest BCUT2D eigenvalue weighted by molar-refractivity contribution is 4.64. The topological polar surface area (TPSA) is 0 Å². The maximum Gasteiger partial charge on any atom is -0.0386 e. The van der Waals surface area contributed by atoms with Crippen molar-refractivity contribution in [2.45, 2.75) is 200 Å². The van der Waals surface area contributed by atoms with Gasteiger partial charge in [-0.05, 0) is 6.42 Å². The van der Waals surface area contributed by atoms with Gasteiger partial charge in [0.05, 0.1) is 0 Å². The highest BCUT2D eigenvalue weighted by atomic mass is 14.0. The van der Waals surface area contributed by atoms with Gasteiger partial charge in [-0.1, -0.05) is 200 Å². The molecule has 1 radical (unpaired) electrons. The molecule has 0 aliphatic rings. The molecule has 0 aromatic rings. The first kappa shape index (κ1) is 32.0. The van der Waals surface area contributed by atoms with E-state index in [1.54, 1.807) is 0 Å². The Hall–Kier alpha value is 0. The number of unbranched alkanes of at least 4 members (excludes halogenated alkanes) is 29. The molecule has 0 saturated heterocycles. The number of hydrogen-bond acceptors (Lipinski definition) is 0. The second-order valence-corrected chi connectivity index (χ2v) is 10.7. The lowest BCUT2D eigenvalue weighted by molar-refractivity contribution is 0.529. The average molecular weight is 450 g/mol. The molecule has 0 N–H and O–H groups in total. The van der Waals surface area contributed by atoms with E-state index in [1.807, 2.05) is 0 Å². The minimum atomic E-state index is 1.37. The summed E-state index contributed by atoms with van der Waals surface area (Å²) >= 11 is 0. The minimum absolute atomic E-state index is 1.37. The van der Waals surface area contributed by atoms with Crippen molar-refractivity contribution in [1.82, 2.24) is 0 Å². The lowest BCUT2D eigenvalue weighted by Gasteiger charge is -2.04. The van der Waals surface area contributed by atoms with E-state index in [0.29, 0.717) is 0 Å². The van der Waals surface area contributed by atoms with Crippen LogP contribution in [0.2, 0.25) is 0 Å². The number of rotatable bonds is 29. The van der Waals surface area contributed by atoms with E-state index in [4.69, 9.17) is 0 Å². The van der Waals surface area contributed by atoms with Gasteiger partial charge in [-0.3, -0.25) is 0 Å². The van der Waals surface area contributed by atoms with Crippen LogP contribution in [0.1, 0.15) is 200 Å². The normalized spacial score (nSPS) is 11.4. The lowest BCUT2D eigenvalue weighted by Crippen LogP contribution is -1.85. The molecule has 0 heterocycles. The summed E-state index contributed by atoms with van der Waals surface area (Å²) in [7, 11) is 0. The molecule has 0 aromatic carbocycles. The van der Waals surface area contributed by atoms with Gasteiger partial charge in [-0.15, -0.1) is 0 Å². The number of hydrogen-bond donors (Lipinski definition) is 0. The summed E-state index contributed by atoms with van der Waals surface area (Å²) in [6, 6.07) is 0. The van der Waals surface area contributed by atoms with Gasteiger partial charge in [0.25, 0.3) is 0 Å². The fourth-order valence-corrected chi connectivity index (χ4v) is 4.93. The monoisotopic (exact) mass is 450 g/mol. The predicted octanol–water partition coefficient (Wildman–Crippen LogP) is 12.5. The van der Waals surface area contributed by atoms with Crippen LogP contribution in [0.5, 0.6) is 0 Å². The molecule has 0 rings (SSSR count). The molecule has 193 valence electrons. The van der Waals surface area contributed by atoms with Crippen LogP contribution in [0.4, 0.5) is 0 Å². The van der Waals surface area contributed by atoms with E-state index in [1.165, 1.54) is 186 Å². The molecule has 0 aromatic heterocycles. The zero-order chi connectivity index (χ0) is 23.2. The summed E-state index contributed by atoms with van der Waals surface area (Å²) in [5, 5.41) is 0. The van der Waals surface area contributed by atoms with Gasteiger partial charge in [0.2, 0.25) is 0 Å². The van der Waals surface area contributed by atoms with Crippen molar-refractivity contribution in [3.05, 3.63) is 6.42 Å². The maximum absolute atomic E-state index is 2.58. The molecule has 0 fully saturated rings. The highest BCUT2D eigenvalue weighted by Crippen LogP contribution is 2.16. The summed E-state index contributed by atoms with van der Waals surface area (Å²) in [5.41, 5.74) is 0. The van der Waals surface area contributed by atoms with Crippen LogP contribution < -0.4 is 0 Å². The molecule has 0 saturated carbocycles. The minimum Gasteiger partial charge on any atom is -0.0654 e. The van der Waals surface area contributed by atoms with E-state index in [2.05, 4.69) is 20.3 Å². The zero-order valence-electron chi connectivity index (χ0n) is 23.1. The van der Waals surface area contributed by atoms with Gasteiger partial charge in [0.1, 0.15) is 0 Å².